The Morgan fingerprint density at radius 3 is 2.77 bits per heavy atom. The first-order valence-electron chi connectivity index (χ1n) is 3.69. The Hall–Kier alpha value is -1.85. The number of hydrogen-bond acceptors (Lipinski definition) is 3. The topological polar surface area (TPSA) is 90.0 Å². The van der Waals surface area contributed by atoms with Crippen LogP contribution in [0.4, 0.5) is 4.79 Å². The molecule has 1 rings (SSSR count). The number of carbonyl (C=O) groups excluding carboxylic acids is 2. The highest BCUT2D eigenvalue weighted by atomic mass is 16.2. The lowest BCUT2D eigenvalue weighted by Crippen LogP contribution is -2.43. The van der Waals surface area contributed by atoms with Gasteiger partial charge in [0.1, 0.15) is 12.4 Å². The Kier molecular flexibility index (Phi) is 2.63. The van der Waals surface area contributed by atoms with Crippen LogP contribution in [-0.2, 0) is 4.79 Å². The second-order valence-electron chi connectivity index (χ2n) is 2.54. The van der Waals surface area contributed by atoms with Gasteiger partial charge in [0, 0.05) is 12.4 Å². The molecule has 1 heterocycles. The fourth-order valence-corrected chi connectivity index (χ4v) is 0.710. The zero-order valence-corrected chi connectivity index (χ0v) is 7.10. The van der Waals surface area contributed by atoms with Crippen LogP contribution in [0.2, 0.25) is 0 Å². The van der Waals surface area contributed by atoms with E-state index in [2.05, 4.69) is 10.3 Å². The molecular formula is C7H10N4O2. The lowest BCUT2D eigenvalue weighted by Gasteiger charge is -2.09. The Morgan fingerprint density at radius 2 is 2.31 bits per heavy atom. The van der Waals surface area contributed by atoms with Gasteiger partial charge >= 0.3 is 6.03 Å². The number of rotatable bonds is 2. The predicted molar refractivity (Wildman–Crippen MR) is 44.8 cm³/mol. The van der Waals surface area contributed by atoms with E-state index >= 15 is 0 Å². The summed E-state index contributed by atoms with van der Waals surface area (Å²) in [7, 11) is 0. The van der Waals surface area contributed by atoms with E-state index in [-0.39, 0.29) is 0 Å². The summed E-state index contributed by atoms with van der Waals surface area (Å²) in [5.41, 5.74) is 4.96. The van der Waals surface area contributed by atoms with Crippen molar-refractivity contribution in [1.29, 1.82) is 0 Å². The van der Waals surface area contributed by atoms with E-state index in [9.17, 15) is 9.59 Å². The minimum Gasteiger partial charge on any atom is -0.368 e. The highest BCUT2D eigenvalue weighted by Gasteiger charge is 2.12. The quantitative estimate of drug-likeness (QED) is 0.634. The fourth-order valence-electron chi connectivity index (χ4n) is 0.710. The standard InChI is InChI=1S/C7H10N4O2/c1-5(6(8)12)10-7(13)11-3-2-9-4-11/h2-5H,1H3,(H2,8,12)(H,10,13)/t5-/m0/s1. The van der Waals surface area contributed by atoms with Gasteiger partial charge in [-0.2, -0.15) is 0 Å². The Balaban J connectivity index is 2.56. The van der Waals surface area contributed by atoms with Crippen LogP contribution in [0.3, 0.4) is 0 Å². The van der Waals surface area contributed by atoms with Crippen LogP contribution >= 0.6 is 0 Å². The number of hydrogen-bond donors (Lipinski definition) is 2. The van der Waals surface area contributed by atoms with Crippen LogP contribution < -0.4 is 11.1 Å². The van der Waals surface area contributed by atoms with Crippen LogP contribution in [0.1, 0.15) is 6.92 Å². The summed E-state index contributed by atoms with van der Waals surface area (Å²) < 4.78 is 1.22. The van der Waals surface area contributed by atoms with Gasteiger partial charge in [0.25, 0.3) is 0 Å². The predicted octanol–water partition coefficient (Wildman–Crippen LogP) is -0.685. The van der Waals surface area contributed by atoms with E-state index in [0.717, 1.165) is 0 Å². The van der Waals surface area contributed by atoms with Crippen molar-refractivity contribution in [3.8, 4) is 0 Å². The van der Waals surface area contributed by atoms with E-state index in [4.69, 9.17) is 5.73 Å². The molecule has 70 valence electrons. The van der Waals surface area contributed by atoms with Crippen molar-refractivity contribution in [2.24, 2.45) is 5.73 Å². The number of nitrogens with two attached hydrogens (primary N) is 1. The molecule has 0 aliphatic carbocycles. The Morgan fingerprint density at radius 1 is 1.62 bits per heavy atom. The van der Waals surface area contributed by atoms with Gasteiger partial charge < -0.3 is 11.1 Å². The molecular weight excluding hydrogens is 172 g/mol. The zero-order chi connectivity index (χ0) is 9.84. The maximum absolute atomic E-state index is 11.2. The third-order valence-corrected chi connectivity index (χ3v) is 1.51. The number of amides is 2. The monoisotopic (exact) mass is 182 g/mol. The number of primary amides is 1. The van der Waals surface area contributed by atoms with Crippen LogP contribution in [0.5, 0.6) is 0 Å². The van der Waals surface area contributed by atoms with Crippen LogP contribution in [0.15, 0.2) is 18.7 Å². The lowest BCUT2D eigenvalue weighted by molar-refractivity contribution is -0.119. The molecule has 0 bridgehead atoms. The molecule has 0 unspecified atom stereocenters. The Labute approximate surface area is 74.7 Å². The summed E-state index contributed by atoms with van der Waals surface area (Å²) in [6.07, 6.45) is 4.28. The van der Waals surface area contributed by atoms with Crippen molar-refractivity contribution in [2.45, 2.75) is 13.0 Å². The molecule has 0 saturated heterocycles. The summed E-state index contributed by atoms with van der Waals surface area (Å²) >= 11 is 0. The molecule has 13 heavy (non-hydrogen) atoms. The molecule has 0 fully saturated rings. The minimum atomic E-state index is -0.685. The molecule has 3 N–H and O–H groups in total. The summed E-state index contributed by atoms with van der Waals surface area (Å²) in [4.78, 5) is 25.5. The average Bonchev–Trinajstić information content (AvgIpc) is 2.55. The summed E-state index contributed by atoms with van der Waals surface area (Å²) in [5, 5.41) is 2.39. The molecule has 2 amide bonds. The normalized spacial score (nSPS) is 12.1. The highest BCUT2D eigenvalue weighted by Crippen LogP contribution is 1.87. The first-order chi connectivity index (χ1) is 6.11. The Bertz CT molecular complexity index is 306. The molecule has 6 heteroatoms. The zero-order valence-electron chi connectivity index (χ0n) is 7.10. The van der Waals surface area contributed by atoms with Gasteiger partial charge in [-0.25, -0.2) is 9.78 Å². The molecule has 0 aliphatic rings. The number of aromatic nitrogens is 2. The summed E-state index contributed by atoms with van der Waals surface area (Å²) in [6.45, 7) is 1.51. The lowest BCUT2D eigenvalue weighted by atomic mass is 10.3. The molecule has 6 nitrogen and oxygen atoms in total. The smallest absolute Gasteiger partial charge is 0.327 e. The second kappa shape index (κ2) is 3.70. The molecule has 1 aromatic heterocycles. The second-order valence-corrected chi connectivity index (χ2v) is 2.54. The van der Waals surface area contributed by atoms with E-state index in [1.54, 1.807) is 0 Å². The molecule has 0 saturated carbocycles. The van der Waals surface area contributed by atoms with Crippen molar-refractivity contribution in [3.63, 3.8) is 0 Å². The van der Waals surface area contributed by atoms with Crippen LogP contribution in [-0.4, -0.2) is 27.5 Å². The maximum Gasteiger partial charge on any atom is 0.327 e. The average molecular weight is 182 g/mol. The van der Waals surface area contributed by atoms with Crippen LogP contribution in [0.25, 0.3) is 0 Å². The first-order valence-corrected chi connectivity index (χ1v) is 3.69. The fraction of sp³-hybridized carbons (Fsp3) is 0.286. The molecule has 0 spiro atoms. The van der Waals surface area contributed by atoms with Gasteiger partial charge in [-0.3, -0.25) is 9.36 Å². The van der Waals surface area contributed by atoms with Gasteiger partial charge in [0.05, 0.1) is 0 Å². The van der Waals surface area contributed by atoms with Gasteiger partial charge in [-0.1, -0.05) is 0 Å². The van der Waals surface area contributed by atoms with Gasteiger partial charge in [0.2, 0.25) is 5.91 Å². The number of nitrogens with one attached hydrogen (secondary N) is 1. The summed E-state index contributed by atoms with van der Waals surface area (Å²) in [5.74, 6) is -0.575. The first kappa shape index (κ1) is 9.24. The van der Waals surface area contributed by atoms with Gasteiger partial charge in [-0.05, 0) is 6.92 Å². The third-order valence-electron chi connectivity index (χ3n) is 1.51. The molecule has 1 aromatic rings. The van der Waals surface area contributed by atoms with Gasteiger partial charge in [-0.15, -0.1) is 0 Å². The minimum absolute atomic E-state index is 0.427. The molecule has 0 aromatic carbocycles. The molecule has 0 radical (unpaired) electrons. The number of nitrogens with zero attached hydrogens (tertiary/aromatic N) is 2. The van der Waals surface area contributed by atoms with Crippen LogP contribution in [0, 0.1) is 0 Å². The van der Waals surface area contributed by atoms with Crippen molar-refractivity contribution < 1.29 is 9.59 Å². The molecule has 0 aliphatic heterocycles. The SMILES string of the molecule is C[C@H](NC(=O)n1ccnc1)C(N)=O. The van der Waals surface area contributed by atoms with E-state index in [0.29, 0.717) is 0 Å². The van der Waals surface area contributed by atoms with E-state index in [1.165, 1.54) is 30.2 Å². The highest BCUT2D eigenvalue weighted by molar-refractivity contribution is 5.86. The van der Waals surface area contributed by atoms with Crippen molar-refractivity contribution in [2.75, 3.05) is 0 Å². The van der Waals surface area contributed by atoms with Crippen molar-refractivity contribution in [1.82, 2.24) is 14.9 Å². The number of carbonyl (C=O) groups is 2. The maximum atomic E-state index is 11.2. The summed E-state index contributed by atoms with van der Waals surface area (Å²) in [6, 6.07) is -1.11. The van der Waals surface area contributed by atoms with Crippen molar-refractivity contribution in [3.05, 3.63) is 18.7 Å². The number of imidazole rings is 1. The van der Waals surface area contributed by atoms with Gasteiger partial charge in [0.15, 0.2) is 0 Å². The van der Waals surface area contributed by atoms with Crippen molar-refractivity contribution >= 4 is 11.9 Å². The molecule has 1 atom stereocenters. The largest absolute Gasteiger partial charge is 0.368 e. The van der Waals surface area contributed by atoms with E-state index < -0.39 is 18.0 Å². The third kappa shape index (κ3) is 2.29. The van der Waals surface area contributed by atoms with E-state index in [1.807, 2.05) is 0 Å².